The predicted octanol–water partition coefficient (Wildman–Crippen LogP) is 4.74. The van der Waals surface area contributed by atoms with Crippen LogP contribution in [0.15, 0.2) is 77.7 Å². The molecule has 1 atom stereocenters. The van der Waals surface area contributed by atoms with Gasteiger partial charge in [-0.25, -0.2) is 8.42 Å². The largest absolute Gasteiger partial charge is 0.493 e. The first kappa shape index (κ1) is 31.8. The Morgan fingerprint density at radius 2 is 1.54 bits per heavy atom. The Morgan fingerprint density at radius 3 is 2.15 bits per heavy atom. The third-order valence-electron chi connectivity index (χ3n) is 6.42. The van der Waals surface area contributed by atoms with Gasteiger partial charge in [0.25, 0.3) is 10.0 Å². The van der Waals surface area contributed by atoms with Crippen LogP contribution in [-0.2, 0) is 26.2 Å². The average Bonchev–Trinajstić information content (AvgIpc) is 2.97. The van der Waals surface area contributed by atoms with Gasteiger partial charge in [0.1, 0.15) is 12.6 Å². The van der Waals surface area contributed by atoms with Crippen molar-refractivity contribution in [3.05, 3.63) is 83.4 Å². The van der Waals surface area contributed by atoms with Crippen LogP contribution in [0.25, 0.3) is 0 Å². The second-order valence-electron chi connectivity index (χ2n) is 9.79. The summed E-state index contributed by atoms with van der Waals surface area (Å²) in [5.41, 5.74) is 0.809. The number of benzene rings is 3. The van der Waals surface area contributed by atoms with Crippen LogP contribution in [0.4, 0.5) is 5.69 Å². The highest BCUT2D eigenvalue weighted by atomic mass is 35.5. The van der Waals surface area contributed by atoms with Crippen LogP contribution >= 0.6 is 11.6 Å². The number of ether oxygens (including phenoxy) is 2. The second kappa shape index (κ2) is 14.2. The van der Waals surface area contributed by atoms with Gasteiger partial charge in [0.05, 0.1) is 24.8 Å². The molecule has 2 amide bonds. The Labute approximate surface area is 247 Å². The number of nitrogens with one attached hydrogen (secondary N) is 1. The molecule has 0 radical (unpaired) electrons. The number of anilines is 1. The molecule has 0 saturated heterocycles. The Kier molecular flexibility index (Phi) is 11.0. The number of carbonyl (C=O) groups is 2. The standard InChI is InChI=1S/C30H36ClN3O6S/c1-21(2)18-32-30(36)22(3)33(19-23-11-9-10-14-26(23)31)29(35)20-34(41(37,38)25-12-7-6-8-13-25)24-15-16-27(39-4)28(17-24)40-5/h6-17,21-22H,18-20H2,1-5H3,(H,32,36). The van der Waals surface area contributed by atoms with Crippen molar-refractivity contribution in [3.8, 4) is 11.5 Å². The van der Waals surface area contributed by atoms with Gasteiger partial charge < -0.3 is 19.7 Å². The van der Waals surface area contributed by atoms with Crippen LogP contribution in [0.2, 0.25) is 5.02 Å². The van der Waals surface area contributed by atoms with E-state index in [4.69, 9.17) is 21.1 Å². The van der Waals surface area contributed by atoms with E-state index in [-0.39, 0.29) is 29.0 Å². The molecule has 1 N–H and O–H groups in total. The zero-order chi connectivity index (χ0) is 30.2. The smallest absolute Gasteiger partial charge is 0.264 e. The van der Waals surface area contributed by atoms with Crippen molar-refractivity contribution in [2.45, 2.75) is 38.3 Å². The van der Waals surface area contributed by atoms with Crippen LogP contribution < -0.4 is 19.1 Å². The second-order valence-corrected chi connectivity index (χ2v) is 12.1. The maximum Gasteiger partial charge on any atom is 0.264 e. The summed E-state index contributed by atoms with van der Waals surface area (Å²) in [6.45, 7) is 5.38. The maximum absolute atomic E-state index is 14.0. The van der Waals surface area contributed by atoms with E-state index in [0.717, 1.165) is 4.31 Å². The molecule has 0 saturated carbocycles. The topological polar surface area (TPSA) is 105 Å². The van der Waals surface area contributed by atoms with Crippen LogP contribution in [0.5, 0.6) is 11.5 Å². The average molecular weight is 602 g/mol. The molecule has 220 valence electrons. The first-order valence-electron chi connectivity index (χ1n) is 13.1. The quantitative estimate of drug-likeness (QED) is 0.303. The van der Waals surface area contributed by atoms with Gasteiger partial charge in [0, 0.05) is 24.2 Å². The molecule has 0 aromatic heterocycles. The van der Waals surface area contributed by atoms with Crippen LogP contribution in [-0.4, -0.2) is 58.5 Å². The molecule has 0 aliphatic rings. The van der Waals surface area contributed by atoms with Gasteiger partial charge in [-0.15, -0.1) is 0 Å². The number of nitrogens with zero attached hydrogens (tertiary/aromatic N) is 2. The molecule has 0 heterocycles. The molecule has 3 aromatic rings. The van der Waals surface area contributed by atoms with E-state index in [1.807, 2.05) is 13.8 Å². The van der Waals surface area contributed by atoms with Gasteiger partial charge in [-0.2, -0.15) is 0 Å². The zero-order valence-corrected chi connectivity index (χ0v) is 25.4. The van der Waals surface area contributed by atoms with Crippen LogP contribution in [0.3, 0.4) is 0 Å². The summed E-state index contributed by atoms with van der Waals surface area (Å²) < 4.78 is 39.6. The Hall–Kier alpha value is -3.76. The number of halogens is 1. The van der Waals surface area contributed by atoms with Gasteiger partial charge in [-0.1, -0.05) is 61.8 Å². The number of amides is 2. The van der Waals surface area contributed by atoms with E-state index in [2.05, 4.69) is 5.32 Å². The summed E-state index contributed by atoms with van der Waals surface area (Å²) in [5.74, 6) is -0.0555. The summed E-state index contributed by atoms with van der Waals surface area (Å²) in [5, 5.41) is 3.28. The fourth-order valence-corrected chi connectivity index (χ4v) is 5.70. The lowest BCUT2D eigenvalue weighted by atomic mass is 10.1. The van der Waals surface area contributed by atoms with Crippen molar-refractivity contribution in [3.63, 3.8) is 0 Å². The lowest BCUT2D eigenvalue weighted by molar-refractivity contribution is -0.139. The van der Waals surface area contributed by atoms with E-state index >= 15 is 0 Å². The van der Waals surface area contributed by atoms with Gasteiger partial charge >= 0.3 is 0 Å². The highest BCUT2D eigenvalue weighted by Gasteiger charge is 2.33. The summed E-state index contributed by atoms with van der Waals surface area (Å²) in [6, 6.07) is 18.5. The minimum atomic E-state index is -4.21. The van der Waals surface area contributed by atoms with E-state index < -0.39 is 28.5 Å². The fourth-order valence-electron chi connectivity index (χ4n) is 4.07. The summed E-state index contributed by atoms with van der Waals surface area (Å²) in [7, 11) is -1.31. The Balaban J connectivity index is 2.07. The molecule has 1 unspecified atom stereocenters. The van der Waals surface area contributed by atoms with Crippen LogP contribution in [0.1, 0.15) is 26.3 Å². The predicted molar refractivity (Wildman–Crippen MR) is 160 cm³/mol. The molecule has 41 heavy (non-hydrogen) atoms. The minimum absolute atomic E-state index is 0.0000693. The van der Waals surface area contributed by atoms with Gasteiger partial charge in [0.15, 0.2) is 11.5 Å². The molecule has 0 fully saturated rings. The third-order valence-corrected chi connectivity index (χ3v) is 8.57. The Morgan fingerprint density at radius 1 is 0.902 bits per heavy atom. The first-order valence-corrected chi connectivity index (χ1v) is 14.9. The van der Waals surface area contributed by atoms with Crippen molar-refractivity contribution >= 4 is 39.1 Å². The number of carbonyl (C=O) groups excluding carboxylic acids is 2. The van der Waals surface area contributed by atoms with E-state index in [0.29, 0.717) is 28.6 Å². The number of rotatable bonds is 13. The monoisotopic (exact) mass is 601 g/mol. The van der Waals surface area contributed by atoms with Crippen molar-refractivity contribution in [2.24, 2.45) is 5.92 Å². The normalized spacial score (nSPS) is 12.0. The lowest BCUT2D eigenvalue weighted by Crippen LogP contribution is -2.51. The minimum Gasteiger partial charge on any atom is -0.493 e. The highest BCUT2D eigenvalue weighted by Crippen LogP contribution is 2.34. The highest BCUT2D eigenvalue weighted by molar-refractivity contribution is 7.92. The van der Waals surface area contributed by atoms with Crippen LogP contribution in [0, 0.1) is 5.92 Å². The summed E-state index contributed by atoms with van der Waals surface area (Å²) in [4.78, 5) is 28.5. The number of methoxy groups -OCH3 is 2. The molecule has 11 heteroatoms. The molecule has 0 spiro atoms. The molecule has 9 nitrogen and oxygen atoms in total. The van der Waals surface area contributed by atoms with Gasteiger partial charge in [-0.3, -0.25) is 13.9 Å². The molecule has 0 aliphatic heterocycles. The molecule has 0 aliphatic carbocycles. The van der Waals surface area contributed by atoms with Crippen molar-refractivity contribution < 1.29 is 27.5 Å². The summed E-state index contributed by atoms with van der Waals surface area (Å²) in [6.07, 6.45) is 0. The number of hydrogen-bond acceptors (Lipinski definition) is 6. The Bertz CT molecular complexity index is 1450. The molecular formula is C30H36ClN3O6S. The van der Waals surface area contributed by atoms with E-state index in [9.17, 15) is 18.0 Å². The molecule has 3 rings (SSSR count). The summed E-state index contributed by atoms with van der Waals surface area (Å²) >= 11 is 6.41. The maximum atomic E-state index is 14.0. The zero-order valence-electron chi connectivity index (χ0n) is 23.8. The van der Waals surface area contributed by atoms with Gasteiger partial charge in [-0.05, 0) is 48.7 Å². The third kappa shape index (κ3) is 7.92. The number of sulfonamides is 1. The molecular weight excluding hydrogens is 566 g/mol. The van der Waals surface area contributed by atoms with E-state index in [1.165, 1.54) is 43.4 Å². The SMILES string of the molecule is COc1ccc(N(CC(=O)N(Cc2ccccc2Cl)C(C)C(=O)NCC(C)C)S(=O)(=O)c2ccccc2)cc1OC. The van der Waals surface area contributed by atoms with Crippen molar-refractivity contribution in [2.75, 3.05) is 31.6 Å². The van der Waals surface area contributed by atoms with Crippen molar-refractivity contribution in [1.29, 1.82) is 0 Å². The van der Waals surface area contributed by atoms with E-state index in [1.54, 1.807) is 55.5 Å². The number of hydrogen-bond donors (Lipinski definition) is 1. The first-order chi connectivity index (χ1) is 19.5. The fraction of sp³-hybridized carbons (Fsp3) is 0.333. The van der Waals surface area contributed by atoms with Crippen molar-refractivity contribution in [1.82, 2.24) is 10.2 Å². The van der Waals surface area contributed by atoms with Gasteiger partial charge in [0.2, 0.25) is 11.8 Å². The lowest BCUT2D eigenvalue weighted by Gasteiger charge is -2.32. The molecule has 3 aromatic carbocycles. The molecule has 0 bridgehead atoms.